The molecular weight excluding hydrogens is 463 g/mol. The number of hydrogen-bond donors (Lipinski definition) is 2. The average molecular weight is 475 g/mol. The first-order valence-corrected chi connectivity index (χ1v) is 8.86. The van der Waals surface area contributed by atoms with Crippen molar-refractivity contribution < 1.29 is 14.3 Å². The minimum atomic E-state index is -0.367. The second kappa shape index (κ2) is 7.54. The number of ether oxygens (including phenoxy) is 2. The van der Waals surface area contributed by atoms with Crippen LogP contribution in [-0.4, -0.2) is 24.2 Å². The third kappa shape index (κ3) is 4.08. The maximum Gasteiger partial charge on any atom is 0.258 e. The van der Waals surface area contributed by atoms with Crippen molar-refractivity contribution >= 4 is 63.1 Å². The molecule has 1 aliphatic rings. The van der Waals surface area contributed by atoms with Crippen molar-refractivity contribution in [3.05, 3.63) is 50.6 Å². The number of thiocarbonyl (C=S) groups is 1. The SMILES string of the molecule is O=C(NC(=S)Nc1ccc2c(c1)OCCO2)c1cc(I)ccc1Cl. The van der Waals surface area contributed by atoms with Crippen LogP contribution >= 0.6 is 46.4 Å². The number of rotatable bonds is 2. The zero-order valence-corrected chi connectivity index (χ0v) is 16.0. The van der Waals surface area contributed by atoms with Gasteiger partial charge >= 0.3 is 0 Å². The summed E-state index contributed by atoms with van der Waals surface area (Å²) in [6.07, 6.45) is 0. The van der Waals surface area contributed by atoms with Gasteiger partial charge in [-0.15, -0.1) is 0 Å². The fourth-order valence-corrected chi connectivity index (χ4v) is 3.03. The molecule has 1 aliphatic heterocycles. The molecule has 1 amide bonds. The van der Waals surface area contributed by atoms with E-state index >= 15 is 0 Å². The van der Waals surface area contributed by atoms with Gasteiger partial charge in [0, 0.05) is 15.3 Å². The third-order valence-corrected chi connectivity index (χ3v) is 4.40. The Bertz CT molecular complexity index is 816. The molecule has 0 atom stereocenters. The van der Waals surface area contributed by atoms with E-state index in [2.05, 4.69) is 33.2 Å². The molecule has 8 heteroatoms. The van der Waals surface area contributed by atoms with Crippen molar-refractivity contribution in [2.45, 2.75) is 0 Å². The van der Waals surface area contributed by atoms with Crippen LogP contribution in [0.15, 0.2) is 36.4 Å². The molecular formula is C16H12ClIN2O3S. The zero-order valence-electron chi connectivity index (χ0n) is 12.3. The molecule has 5 nitrogen and oxygen atoms in total. The van der Waals surface area contributed by atoms with Gasteiger partial charge in [-0.2, -0.15) is 0 Å². The summed E-state index contributed by atoms with van der Waals surface area (Å²) < 4.78 is 11.9. The minimum Gasteiger partial charge on any atom is -0.486 e. The molecule has 1 heterocycles. The molecule has 2 aromatic carbocycles. The Hall–Kier alpha value is -1.58. The molecule has 0 saturated heterocycles. The van der Waals surface area contributed by atoms with Gasteiger partial charge in [-0.25, -0.2) is 0 Å². The van der Waals surface area contributed by atoms with Crippen molar-refractivity contribution in [3.63, 3.8) is 0 Å². The Morgan fingerprint density at radius 1 is 1.12 bits per heavy atom. The summed E-state index contributed by atoms with van der Waals surface area (Å²) in [5.74, 6) is 0.960. The van der Waals surface area contributed by atoms with Crippen LogP contribution in [-0.2, 0) is 0 Å². The molecule has 0 saturated carbocycles. The highest BCUT2D eigenvalue weighted by atomic mass is 127. The highest BCUT2D eigenvalue weighted by Gasteiger charge is 2.14. The number of nitrogens with one attached hydrogen (secondary N) is 2. The van der Waals surface area contributed by atoms with Crippen molar-refractivity contribution in [2.75, 3.05) is 18.5 Å². The molecule has 3 rings (SSSR count). The van der Waals surface area contributed by atoms with Crippen molar-refractivity contribution in [2.24, 2.45) is 0 Å². The summed E-state index contributed by atoms with van der Waals surface area (Å²) in [6.45, 7) is 1.04. The number of carbonyl (C=O) groups excluding carboxylic acids is 1. The van der Waals surface area contributed by atoms with Gasteiger partial charge < -0.3 is 14.8 Å². The summed E-state index contributed by atoms with van der Waals surface area (Å²) >= 11 is 13.4. The van der Waals surface area contributed by atoms with E-state index < -0.39 is 0 Å². The summed E-state index contributed by atoms with van der Waals surface area (Å²) in [4.78, 5) is 12.3. The van der Waals surface area contributed by atoms with Gasteiger partial charge in [-0.05, 0) is 65.1 Å². The normalized spacial score (nSPS) is 12.4. The summed E-state index contributed by atoms with van der Waals surface area (Å²) in [5, 5.41) is 6.10. The van der Waals surface area contributed by atoms with Gasteiger partial charge in [0.25, 0.3) is 5.91 Å². The lowest BCUT2D eigenvalue weighted by Gasteiger charge is -2.19. The van der Waals surface area contributed by atoms with Gasteiger partial charge in [0.15, 0.2) is 16.6 Å². The van der Waals surface area contributed by atoms with Crippen LogP contribution in [0, 0.1) is 3.57 Å². The first kappa shape index (κ1) is 17.2. The topological polar surface area (TPSA) is 59.6 Å². The lowest BCUT2D eigenvalue weighted by molar-refractivity contribution is 0.0978. The highest BCUT2D eigenvalue weighted by Crippen LogP contribution is 2.32. The maximum atomic E-state index is 12.3. The van der Waals surface area contributed by atoms with Crippen LogP contribution in [0.3, 0.4) is 0 Å². The van der Waals surface area contributed by atoms with E-state index in [0.29, 0.717) is 41.0 Å². The van der Waals surface area contributed by atoms with Gasteiger partial charge in [0.2, 0.25) is 0 Å². The lowest BCUT2D eigenvalue weighted by atomic mass is 10.2. The van der Waals surface area contributed by atoms with E-state index in [0.717, 1.165) is 3.57 Å². The van der Waals surface area contributed by atoms with Crippen LogP contribution < -0.4 is 20.1 Å². The van der Waals surface area contributed by atoms with Crippen LogP contribution in [0.4, 0.5) is 5.69 Å². The van der Waals surface area contributed by atoms with Gasteiger partial charge in [-0.3, -0.25) is 10.1 Å². The smallest absolute Gasteiger partial charge is 0.258 e. The van der Waals surface area contributed by atoms with Crippen LogP contribution in [0.1, 0.15) is 10.4 Å². The Balaban J connectivity index is 1.67. The van der Waals surface area contributed by atoms with Crippen LogP contribution in [0.5, 0.6) is 11.5 Å². The second-order valence-electron chi connectivity index (χ2n) is 4.89. The molecule has 2 N–H and O–H groups in total. The van der Waals surface area contributed by atoms with Crippen LogP contribution in [0.25, 0.3) is 0 Å². The maximum absolute atomic E-state index is 12.3. The number of carbonyl (C=O) groups is 1. The number of halogens is 2. The Kier molecular flexibility index (Phi) is 5.42. The summed E-state index contributed by atoms with van der Waals surface area (Å²) in [5.41, 5.74) is 1.06. The Morgan fingerprint density at radius 2 is 1.88 bits per heavy atom. The van der Waals surface area contributed by atoms with Gasteiger partial charge in [-0.1, -0.05) is 11.6 Å². The van der Waals surface area contributed by atoms with E-state index in [4.69, 9.17) is 33.3 Å². The zero-order chi connectivity index (χ0) is 17.1. The number of benzene rings is 2. The number of fused-ring (bicyclic) bond motifs is 1. The highest BCUT2D eigenvalue weighted by molar-refractivity contribution is 14.1. The second-order valence-corrected chi connectivity index (χ2v) is 6.95. The standard InChI is InChI=1S/C16H12ClIN2O3S/c17-12-3-1-9(18)7-11(12)15(21)20-16(24)19-10-2-4-13-14(8-10)23-6-5-22-13/h1-4,7-8H,5-6H2,(H2,19,20,21,24). The monoisotopic (exact) mass is 474 g/mol. The molecule has 0 aromatic heterocycles. The molecule has 0 spiro atoms. The number of hydrogen-bond acceptors (Lipinski definition) is 4. The van der Waals surface area contributed by atoms with Gasteiger partial charge in [0.1, 0.15) is 13.2 Å². The van der Waals surface area contributed by atoms with Crippen molar-refractivity contribution in [1.82, 2.24) is 5.32 Å². The summed E-state index contributed by atoms with van der Waals surface area (Å²) in [7, 11) is 0. The average Bonchev–Trinajstić information content (AvgIpc) is 2.56. The number of amides is 1. The fourth-order valence-electron chi connectivity index (χ4n) is 2.13. The van der Waals surface area contributed by atoms with E-state index in [1.165, 1.54) is 0 Å². The number of anilines is 1. The molecule has 0 radical (unpaired) electrons. The van der Waals surface area contributed by atoms with Gasteiger partial charge in [0.05, 0.1) is 10.6 Å². The molecule has 0 unspecified atom stereocenters. The van der Waals surface area contributed by atoms with Crippen LogP contribution in [0.2, 0.25) is 5.02 Å². The van der Waals surface area contributed by atoms with E-state index in [-0.39, 0.29) is 11.0 Å². The molecule has 124 valence electrons. The lowest BCUT2D eigenvalue weighted by Crippen LogP contribution is -2.34. The Labute approximate surface area is 162 Å². The fraction of sp³-hybridized carbons (Fsp3) is 0.125. The Morgan fingerprint density at radius 3 is 2.67 bits per heavy atom. The van der Waals surface area contributed by atoms with E-state index in [1.807, 2.05) is 6.07 Å². The molecule has 0 bridgehead atoms. The van der Waals surface area contributed by atoms with E-state index in [1.54, 1.807) is 30.3 Å². The van der Waals surface area contributed by atoms with Crippen molar-refractivity contribution in [1.29, 1.82) is 0 Å². The molecule has 0 aliphatic carbocycles. The predicted octanol–water partition coefficient (Wildman–Crippen LogP) is 3.84. The first-order chi connectivity index (χ1) is 11.5. The third-order valence-electron chi connectivity index (χ3n) is 3.20. The minimum absolute atomic E-state index is 0.173. The van der Waals surface area contributed by atoms with Crippen molar-refractivity contribution in [3.8, 4) is 11.5 Å². The molecule has 0 fully saturated rings. The molecule has 24 heavy (non-hydrogen) atoms. The molecule has 2 aromatic rings. The largest absolute Gasteiger partial charge is 0.486 e. The quantitative estimate of drug-likeness (QED) is 0.512. The first-order valence-electron chi connectivity index (χ1n) is 7.00. The van der Waals surface area contributed by atoms with E-state index in [9.17, 15) is 4.79 Å². The predicted molar refractivity (Wildman–Crippen MR) is 105 cm³/mol. The summed E-state index contributed by atoms with van der Waals surface area (Å²) in [6, 6.07) is 10.6.